The minimum Gasteiger partial charge on any atom is -0.352 e. The van der Waals surface area contributed by atoms with Gasteiger partial charge in [0.25, 0.3) is 0 Å². The molecule has 0 radical (unpaired) electrons. The number of benzene rings is 8. The fourth-order valence-electron chi connectivity index (χ4n) is 6.88. The third-order valence-corrected chi connectivity index (χ3v) is 11.8. The average Bonchev–Trinajstić information content (AvgIpc) is 3.19. The topological polar surface area (TPSA) is 24.1 Å². The molecular formula is C46H35N2PS. The molecule has 0 aromatic heterocycles. The molecule has 2 N–H and O–H groups in total. The lowest BCUT2D eigenvalue weighted by Gasteiger charge is -2.27. The van der Waals surface area contributed by atoms with E-state index >= 15 is 0 Å². The lowest BCUT2D eigenvalue weighted by molar-refractivity contribution is 0.769. The van der Waals surface area contributed by atoms with Crippen LogP contribution >= 0.6 is 20.1 Å². The van der Waals surface area contributed by atoms with Crippen LogP contribution in [0.15, 0.2) is 194 Å². The second kappa shape index (κ2) is 14.5. The van der Waals surface area contributed by atoms with Gasteiger partial charge in [-0.1, -0.05) is 188 Å². The molecule has 240 valence electrons. The molecule has 0 unspecified atom stereocenters. The summed E-state index contributed by atoms with van der Waals surface area (Å²) in [6.07, 6.45) is 0. The van der Waals surface area contributed by atoms with E-state index in [1.807, 2.05) is 12.1 Å². The number of thiocarbonyl (C=S) groups is 1. The van der Waals surface area contributed by atoms with Gasteiger partial charge in [0.2, 0.25) is 0 Å². The molecule has 0 fully saturated rings. The van der Waals surface area contributed by atoms with Crippen LogP contribution in [0, 0.1) is 0 Å². The molecular weight excluding hydrogens is 644 g/mol. The first-order valence-electron chi connectivity index (χ1n) is 16.9. The summed E-state index contributed by atoms with van der Waals surface area (Å²) in [6.45, 7) is 0. The van der Waals surface area contributed by atoms with Gasteiger partial charge in [0, 0.05) is 16.8 Å². The Morgan fingerprint density at radius 3 is 1.42 bits per heavy atom. The van der Waals surface area contributed by atoms with Crippen molar-refractivity contribution < 1.29 is 0 Å². The molecule has 0 heterocycles. The van der Waals surface area contributed by atoms with Crippen molar-refractivity contribution in [3.8, 4) is 11.1 Å². The van der Waals surface area contributed by atoms with E-state index < -0.39 is 7.92 Å². The number of hydrogen-bond acceptors (Lipinski definition) is 1. The van der Waals surface area contributed by atoms with Crippen molar-refractivity contribution in [2.24, 2.45) is 0 Å². The van der Waals surface area contributed by atoms with Crippen LogP contribution in [0.3, 0.4) is 0 Å². The van der Waals surface area contributed by atoms with Crippen molar-refractivity contribution in [3.05, 3.63) is 205 Å². The molecule has 8 aromatic carbocycles. The highest BCUT2D eigenvalue weighted by Crippen LogP contribution is 2.44. The number of anilines is 1. The summed E-state index contributed by atoms with van der Waals surface area (Å²) in [5.41, 5.74) is 5.64. The zero-order valence-corrected chi connectivity index (χ0v) is 29.1. The van der Waals surface area contributed by atoms with Gasteiger partial charge in [-0.2, -0.15) is 0 Å². The van der Waals surface area contributed by atoms with Crippen LogP contribution in [-0.4, -0.2) is 5.11 Å². The molecule has 50 heavy (non-hydrogen) atoms. The van der Waals surface area contributed by atoms with E-state index in [2.05, 4.69) is 193 Å². The second-order valence-corrected chi connectivity index (χ2v) is 14.8. The fraction of sp³-hybridized carbons (Fsp3) is 0.0217. The summed E-state index contributed by atoms with van der Waals surface area (Å²) in [5.74, 6) is 0. The van der Waals surface area contributed by atoms with Crippen molar-refractivity contribution in [1.82, 2.24) is 5.32 Å². The maximum Gasteiger partial charge on any atom is 0.171 e. The van der Waals surface area contributed by atoms with E-state index in [4.69, 9.17) is 12.2 Å². The molecule has 0 spiro atoms. The Labute approximate surface area is 300 Å². The number of hydrogen-bond donors (Lipinski definition) is 2. The molecule has 4 heteroatoms. The van der Waals surface area contributed by atoms with E-state index in [1.54, 1.807) is 0 Å². The van der Waals surface area contributed by atoms with Gasteiger partial charge in [-0.3, -0.25) is 0 Å². The summed E-state index contributed by atoms with van der Waals surface area (Å²) in [6, 6.07) is 69.2. The molecule has 8 aromatic rings. The van der Waals surface area contributed by atoms with Crippen LogP contribution < -0.4 is 26.5 Å². The maximum atomic E-state index is 6.16. The van der Waals surface area contributed by atoms with Crippen LogP contribution in [0.1, 0.15) is 17.2 Å². The zero-order valence-electron chi connectivity index (χ0n) is 27.4. The van der Waals surface area contributed by atoms with Gasteiger partial charge in [0.05, 0.1) is 6.04 Å². The highest BCUT2D eigenvalue weighted by atomic mass is 32.1. The van der Waals surface area contributed by atoms with E-state index in [9.17, 15) is 0 Å². The molecule has 0 bridgehead atoms. The summed E-state index contributed by atoms with van der Waals surface area (Å²) in [5, 5.41) is 16.7. The van der Waals surface area contributed by atoms with Gasteiger partial charge in [-0.15, -0.1) is 0 Å². The summed E-state index contributed by atoms with van der Waals surface area (Å²) < 4.78 is 0. The highest BCUT2D eigenvalue weighted by Gasteiger charge is 2.25. The molecule has 0 aliphatic heterocycles. The van der Waals surface area contributed by atoms with E-state index in [1.165, 1.54) is 43.0 Å². The van der Waals surface area contributed by atoms with E-state index in [-0.39, 0.29) is 6.04 Å². The van der Waals surface area contributed by atoms with Crippen molar-refractivity contribution >= 4 is 68.4 Å². The van der Waals surface area contributed by atoms with E-state index in [0.717, 1.165) is 22.4 Å². The molecule has 0 saturated heterocycles. The van der Waals surface area contributed by atoms with Gasteiger partial charge in [0.15, 0.2) is 5.11 Å². The van der Waals surface area contributed by atoms with Crippen molar-refractivity contribution in [2.75, 3.05) is 5.32 Å². The Kier molecular flexibility index (Phi) is 9.17. The first kappa shape index (κ1) is 31.7. The largest absolute Gasteiger partial charge is 0.352 e. The van der Waals surface area contributed by atoms with Crippen LogP contribution in [0.2, 0.25) is 0 Å². The lowest BCUT2D eigenvalue weighted by Crippen LogP contribution is -2.33. The standard InChI is InChI=1S/C46H35N2PS/c50-46(48-45(35-19-5-1-6-20-35)36-21-7-2-8-22-36)47-41-31-29-33-17-13-15-27-39(33)43(41)44-40-28-16-14-18-34(40)30-32-42(44)49(37-23-9-3-10-24-37)38-25-11-4-12-26-38/h1-32,45H,(H2,47,48,50). The Morgan fingerprint density at radius 2 is 0.880 bits per heavy atom. The SMILES string of the molecule is S=C(Nc1ccc2ccccc2c1-c1c(P(c2ccccc2)c2ccccc2)ccc2ccccc12)NC(c1ccccc1)c1ccccc1. The average molecular weight is 679 g/mol. The predicted molar refractivity (Wildman–Crippen MR) is 220 cm³/mol. The molecule has 0 saturated carbocycles. The molecule has 2 nitrogen and oxygen atoms in total. The van der Waals surface area contributed by atoms with Crippen molar-refractivity contribution in [2.45, 2.75) is 6.04 Å². The van der Waals surface area contributed by atoms with Crippen molar-refractivity contribution in [3.63, 3.8) is 0 Å². The van der Waals surface area contributed by atoms with Crippen molar-refractivity contribution in [1.29, 1.82) is 0 Å². The number of nitrogens with one attached hydrogen (secondary N) is 2. The minimum atomic E-state index is -0.902. The summed E-state index contributed by atoms with van der Waals surface area (Å²) in [7, 11) is -0.902. The monoisotopic (exact) mass is 678 g/mol. The van der Waals surface area contributed by atoms with Gasteiger partial charge in [-0.05, 0) is 74.8 Å². The van der Waals surface area contributed by atoms with Crippen LogP contribution in [-0.2, 0) is 0 Å². The number of rotatable bonds is 8. The fourth-order valence-corrected chi connectivity index (χ4v) is 9.58. The second-order valence-electron chi connectivity index (χ2n) is 12.2. The van der Waals surface area contributed by atoms with Crippen LogP contribution in [0.5, 0.6) is 0 Å². The van der Waals surface area contributed by atoms with E-state index in [0.29, 0.717) is 5.11 Å². The smallest absolute Gasteiger partial charge is 0.171 e. The molecule has 0 atom stereocenters. The minimum absolute atomic E-state index is 0.113. The first-order chi connectivity index (χ1) is 24.7. The molecule has 8 rings (SSSR count). The predicted octanol–water partition coefficient (Wildman–Crippen LogP) is 10.5. The van der Waals surface area contributed by atoms with Gasteiger partial charge in [-0.25, -0.2) is 0 Å². The Hall–Kier alpha value is -5.60. The summed E-state index contributed by atoms with van der Waals surface area (Å²) in [4.78, 5) is 0. The quantitative estimate of drug-likeness (QED) is 0.124. The van der Waals surface area contributed by atoms with Crippen LogP contribution in [0.4, 0.5) is 5.69 Å². The van der Waals surface area contributed by atoms with Gasteiger partial charge >= 0.3 is 0 Å². The normalized spacial score (nSPS) is 11.2. The zero-order chi connectivity index (χ0) is 33.7. The highest BCUT2D eigenvalue weighted by molar-refractivity contribution is 7.80. The van der Waals surface area contributed by atoms with Gasteiger partial charge in [0.1, 0.15) is 0 Å². The third-order valence-electron chi connectivity index (χ3n) is 9.15. The molecule has 0 amide bonds. The first-order valence-corrected chi connectivity index (χ1v) is 18.6. The van der Waals surface area contributed by atoms with Crippen LogP contribution in [0.25, 0.3) is 32.7 Å². The Bertz CT molecular complexity index is 2320. The molecule has 0 aliphatic carbocycles. The number of fused-ring (bicyclic) bond motifs is 2. The Morgan fingerprint density at radius 1 is 0.440 bits per heavy atom. The third kappa shape index (κ3) is 6.42. The molecule has 0 aliphatic rings. The maximum absolute atomic E-state index is 6.16. The summed E-state index contributed by atoms with van der Waals surface area (Å²) >= 11 is 6.16. The van der Waals surface area contributed by atoms with Gasteiger partial charge < -0.3 is 10.6 Å². The Balaban J connectivity index is 1.32. The lowest BCUT2D eigenvalue weighted by atomic mass is 9.92.